The molecule has 8 N–H and O–H groups in total. The molecule has 1 fully saturated rings. The van der Waals surface area contributed by atoms with E-state index in [1.165, 1.54) is 16.4 Å². The monoisotopic (exact) mass is 489 g/mol. The summed E-state index contributed by atoms with van der Waals surface area (Å²) in [4.78, 5) is 37.5. The van der Waals surface area contributed by atoms with E-state index in [2.05, 4.69) is 15.4 Å². The molecule has 3 amide bonds. The Morgan fingerprint density at radius 2 is 2.09 bits per heavy atom. The number of anilines is 2. The van der Waals surface area contributed by atoms with E-state index in [0.717, 1.165) is 11.2 Å². The number of hydrogen-bond donors (Lipinski definition) is 6. The molecule has 2 aliphatic heterocycles. The summed E-state index contributed by atoms with van der Waals surface area (Å²) in [6.07, 6.45) is 2.49. The Morgan fingerprint density at radius 3 is 2.69 bits per heavy atom. The Balaban J connectivity index is 1.84. The number of carboxylic acid groups (broad SMARTS) is 1. The zero-order chi connectivity index (χ0) is 23.8. The molecule has 176 valence electrons. The van der Waals surface area contributed by atoms with E-state index >= 15 is 0 Å². The van der Waals surface area contributed by atoms with Gasteiger partial charge < -0.3 is 21.9 Å². The molecule has 0 bridgehead atoms. The van der Waals surface area contributed by atoms with Crippen molar-refractivity contribution in [3.8, 4) is 0 Å². The maximum atomic E-state index is 12.5. The van der Waals surface area contributed by atoms with Crippen LogP contribution in [0, 0.1) is 0 Å². The zero-order valence-electron chi connectivity index (χ0n) is 17.4. The minimum absolute atomic E-state index is 0.0854. The van der Waals surface area contributed by atoms with Crippen LogP contribution in [-0.2, 0) is 33.2 Å². The summed E-state index contributed by atoms with van der Waals surface area (Å²) in [5.41, 5.74) is 12.0. The van der Waals surface area contributed by atoms with E-state index in [1.807, 2.05) is 0 Å². The molecule has 16 heteroatoms. The lowest BCUT2D eigenvalue weighted by Gasteiger charge is -2.48. The first-order valence-electron chi connectivity index (χ1n) is 9.41. The molecule has 0 saturated carbocycles. The van der Waals surface area contributed by atoms with Crippen molar-refractivity contribution in [1.82, 2.24) is 19.6 Å². The second-order valence-electron chi connectivity index (χ2n) is 7.25. The van der Waals surface area contributed by atoms with Crippen molar-refractivity contribution < 1.29 is 32.6 Å². The second-order valence-corrected chi connectivity index (χ2v) is 10.1. The summed E-state index contributed by atoms with van der Waals surface area (Å²) in [5, 5.41) is 14.3. The first-order chi connectivity index (χ1) is 14.9. The number of amides is 3. The number of carboxylic acids is 1. The lowest BCUT2D eigenvalue weighted by molar-refractivity contribution is -0.765. The summed E-state index contributed by atoms with van der Waals surface area (Å²) >= 11 is 1.26. The van der Waals surface area contributed by atoms with Gasteiger partial charge in [0.25, 0.3) is 0 Å². The van der Waals surface area contributed by atoms with E-state index in [1.54, 1.807) is 17.9 Å². The Labute approximate surface area is 188 Å². The molecular formula is C16H25N8O6S2+. The number of nitrogens with zero attached hydrogens (tertiary/aromatic N) is 3. The van der Waals surface area contributed by atoms with Crippen molar-refractivity contribution in [3.63, 3.8) is 0 Å². The quantitative estimate of drug-likeness (QED) is 0.164. The van der Waals surface area contributed by atoms with E-state index in [9.17, 15) is 27.9 Å². The fourth-order valence-electron chi connectivity index (χ4n) is 3.42. The molecule has 0 aliphatic carbocycles. The predicted molar refractivity (Wildman–Crippen MR) is 116 cm³/mol. The van der Waals surface area contributed by atoms with Gasteiger partial charge in [-0.1, -0.05) is 0 Å². The highest BCUT2D eigenvalue weighted by molar-refractivity contribution is 8.00. The summed E-state index contributed by atoms with van der Waals surface area (Å²) in [7, 11) is -2.00. The normalized spacial score (nSPS) is 20.6. The number of urea groups is 1. The van der Waals surface area contributed by atoms with Crippen LogP contribution < -0.4 is 31.5 Å². The standard InChI is InChI=1S/C16H24N8O6S2/c1-22-12(18)9(20-16(28)19-4-3-17)6-23(22)5-8-7-31-14-10(21-32(2,29)30)13(25)24(14)11(8)15(26)27/h6,10,14,18,21H,3-5,7,17H2,1-2H3,(H3,19,20,26,27,28)/p+1/t10-,14-/m1/s1. The van der Waals surface area contributed by atoms with Crippen LogP contribution in [0.25, 0.3) is 0 Å². The van der Waals surface area contributed by atoms with Crippen molar-refractivity contribution in [2.45, 2.75) is 18.0 Å². The highest BCUT2D eigenvalue weighted by atomic mass is 32.2. The van der Waals surface area contributed by atoms with Crippen molar-refractivity contribution in [1.29, 1.82) is 0 Å². The van der Waals surface area contributed by atoms with E-state index in [4.69, 9.17) is 11.5 Å². The number of nitrogens with one attached hydrogen (secondary N) is 3. The average molecular weight is 490 g/mol. The number of hydrogen-bond acceptors (Lipinski definition) is 8. The number of aliphatic carboxylic acids is 1. The van der Waals surface area contributed by atoms with Gasteiger partial charge in [-0.2, -0.15) is 4.72 Å². The van der Waals surface area contributed by atoms with Gasteiger partial charge in [0, 0.05) is 24.4 Å². The molecular weight excluding hydrogens is 464 g/mol. The van der Waals surface area contributed by atoms with Crippen LogP contribution in [0.3, 0.4) is 0 Å². The molecule has 2 aliphatic rings. The van der Waals surface area contributed by atoms with Crippen LogP contribution in [0.5, 0.6) is 0 Å². The third-order valence-corrected chi connectivity index (χ3v) is 6.93. The number of aromatic nitrogens is 2. The molecule has 32 heavy (non-hydrogen) atoms. The summed E-state index contributed by atoms with van der Waals surface area (Å²) in [5.74, 6) is -1.42. The number of thioether (sulfide) groups is 1. The average Bonchev–Trinajstić information content (AvgIpc) is 2.97. The second kappa shape index (κ2) is 8.97. The van der Waals surface area contributed by atoms with Crippen LogP contribution in [-0.4, -0.2) is 77.5 Å². The maximum Gasteiger partial charge on any atom is 0.352 e. The minimum Gasteiger partial charge on any atom is -0.477 e. The minimum atomic E-state index is -3.63. The van der Waals surface area contributed by atoms with Gasteiger partial charge in [-0.25, -0.2) is 18.0 Å². The van der Waals surface area contributed by atoms with Crippen LogP contribution in [0.2, 0.25) is 0 Å². The van der Waals surface area contributed by atoms with Gasteiger partial charge in [-0.05, 0) is 0 Å². The van der Waals surface area contributed by atoms with Crippen LogP contribution >= 0.6 is 11.8 Å². The molecule has 1 saturated heterocycles. The molecule has 3 heterocycles. The van der Waals surface area contributed by atoms with E-state index in [-0.39, 0.29) is 36.9 Å². The third kappa shape index (κ3) is 4.67. The first-order valence-corrected chi connectivity index (χ1v) is 12.4. The maximum absolute atomic E-state index is 12.5. The van der Waals surface area contributed by atoms with E-state index in [0.29, 0.717) is 11.3 Å². The number of nitrogens with two attached hydrogens (primary N) is 2. The van der Waals surface area contributed by atoms with Crippen molar-refractivity contribution in [3.05, 3.63) is 17.5 Å². The zero-order valence-corrected chi connectivity index (χ0v) is 19.0. The third-order valence-electron chi connectivity index (χ3n) is 4.91. The molecule has 0 spiro atoms. The molecule has 14 nitrogen and oxygen atoms in total. The van der Waals surface area contributed by atoms with Gasteiger partial charge in [0.1, 0.15) is 17.1 Å². The summed E-state index contributed by atoms with van der Waals surface area (Å²) in [6, 6.07) is -1.50. The van der Waals surface area contributed by atoms with Crippen LogP contribution in [0.1, 0.15) is 0 Å². The topological polar surface area (TPSA) is 206 Å². The van der Waals surface area contributed by atoms with Crippen LogP contribution in [0.4, 0.5) is 16.3 Å². The Kier molecular flexibility index (Phi) is 6.68. The molecule has 1 aromatic heterocycles. The molecule has 0 radical (unpaired) electrons. The SMILES string of the molecule is Cn1c(N)c(NC(=O)NCCN)c[n+]1CC1=C(C(=O)O)N2C(=O)[C@@H](NS(C)(=O)=O)[C@H]2SC1. The van der Waals surface area contributed by atoms with Gasteiger partial charge in [0.2, 0.25) is 22.1 Å². The molecule has 0 unspecified atom stereocenters. The molecule has 1 aromatic rings. The molecule has 2 atom stereocenters. The van der Waals surface area contributed by atoms with Gasteiger partial charge in [0.15, 0.2) is 18.1 Å². The predicted octanol–water partition coefficient (Wildman–Crippen LogP) is -2.85. The van der Waals surface area contributed by atoms with Crippen LogP contribution in [0.15, 0.2) is 17.5 Å². The van der Waals surface area contributed by atoms with Gasteiger partial charge in [0.05, 0.1) is 13.3 Å². The Morgan fingerprint density at radius 1 is 1.41 bits per heavy atom. The number of nitrogen functional groups attached to an aromatic ring is 1. The molecule has 0 aromatic carbocycles. The number of carbonyl (C=O) groups excluding carboxylic acids is 2. The lowest BCUT2D eigenvalue weighted by Crippen LogP contribution is -2.70. The number of rotatable bonds is 8. The number of β-lactam (4-membered cyclic amide) rings is 1. The van der Waals surface area contributed by atoms with Crippen molar-refractivity contribution in [2.24, 2.45) is 12.8 Å². The Hall–Kier alpha value is -2.82. The van der Waals surface area contributed by atoms with Crippen molar-refractivity contribution >= 4 is 51.2 Å². The fourth-order valence-corrected chi connectivity index (χ4v) is 5.53. The lowest BCUT2D eigenvalue weighted by atomic mass is 10.0. The first kappa shape index (κ1) is 23.8. The highest BCUT2D eigenvalue weighted by Gasteiger charge is 2.54. The smallest absolute Gasteiger partial charge is 0.352 e. The van der Waals surface area contributed by atoms with Crippen molar-refractivity contribution in [2.75, 3.05) is 36.1 Å². The largest absolute Gasteiger partial charge is 0.477 e. The van der Waals surface area contributed by atoms with Gasteiger partial charge in [-0.15, -0.1) is 21.1 Å². The molecule has 3 rings (SSSR count). The summed E-state index contributed by atoms with van der Waals surface area (Å²) in [6.45, 7) is 0.644. The summed E-state index contributed by atoms with van der Waals surface area (Å²) < 4.78 is 28.4. The van der Waals surface area contributed by atoms with Gasteiger partial charge in [-0.3, -0.25) is 15.0 Å². The number of fused-ring (bicyclic) bond motifs is 1. The van der Waals surface area contributed by atoms with Gasteiger partial charge >= 0.3 is 12.0 Å². The Bertz CT molecular complexity index is 1100. The fraction of sp³-hybridized carbons (Fsp3) is 0.500. The highest BCUT2D eigenvalue weighted by Crippen LogP contribution is 2.40. The van der Waals surface area contributed by atoms with E-state index < -0.39 is 39.3 Å². The number of carbonyl (C=O) groups is 3. The number of sulfonamides is 1.